The number of halogens is 1. The van der Waals surface area contributed by atoms with E-state index < -0.39 is 12.1 Å². The van der Waals surface area contributed by atoms with E-state index in [1.807, 2.05) is 6.07 Å². The van der Waals surface area contributed by atoms with Crippen molar-refractivity contribution >= 4 is 33.2 Å². The molecule has 7 nitrogen and oxygen atoms in total. The molecule has 2 aromatic rings. The summed E-state index contributed by atoms with van der Waals surface area (Å²) in [5.74, 6) is -0.502. The van der Waals surface area contributed by atoms with Crippen molar-refractivity contribution in [1.29, 1.82) is 0 Å². The summed E-state index contributed by atoms with van der Waals surface area (Å²) in [6.45, 7) is -0.140. The van der Waals surface area contributed by atoms with Gasteiger partial charge in [0.05, 0.1) is 6.61 Å². The highest BCUT2D eigenvalue weighted by Crippen LogP contribution is 2.20. The number of aliphatic imine (C=N–C) groups is 1. The van der Waals surface area contributed by atoms with Gasteiger partial charge >= 0.3 is 0 Å². The normalized spacial score (nSPS) is 12.5. The van der Waals surface area contributed by atoms with Crippen LogP contribution < -0.4 is 5.32 Å². The molecule has 0 aliphatic heterocycles. The van der Waals surface area contributed by atoms with Gasteiger partial charge in [0.2, 0.25) is 0 Å². The summed E-state index contributed by atoms with van der Waals surface area (Å²) < 4.78 is 0.778. The summed E-state index contributed by atoms with van der Waals surface area (Å²) in [6.07, 6.45) is -1.12. The van der Waals surface area contributed by atoms with Gasteiger partial charge in [0.25, 0.3) is 5.91 Å². The molecule has 0 saturated carbocycles. The van der Waals surface area contributed by atoms with Crippen molar-refractivity contribution in [3.8, 4) is 0 Å². The molecule has 0 radical (unpaired) electrons. The topological polar surface area (TPSA) is 111 Å². The lowest BCUT2D eigenvalue weighted by Crippen LogP contribution is -2.34. The van der Waals surface area contributed by atoms with Gasteiger partial charge in [0.1, 0.15) is 11.4 Å². The van der Waals surface area contributed by atoms with E-state index in [2.05, 4.69) is 31.4 Å². The Labute approximate surface area is 158 Å². The minimum Gasteiger partial charge on any atom is -0.395 e. The summed E-state index contributed by atoms with van der Waals surface area (Å²) in [4.78, 5) is 27.2. The Bertz CT molecular complexity index is 811. The van der Waals surface area contributed by atoms with Gasteiger partial charge in [0.15, 0.2) is 6.23 Å². The van der Waals surface area contributed by atoms with Crippen LogP contribution in [0.25, 0.3) is 0 Å². The maximum atomic E-state index is 12.3. The van der Waals surface area contributed by atoms with Gasteiger partial charge < -0.3 is 15.5 Å². The number of hydrogen-bond donors (Lipinski definition) is 3. The van der Waals surface area contributed by atoms with Crippen molar-refractivity contribution in [2.75, 3.05) is 13.2 Å². The molecule has 3 N–H and O–H groups in total. The molecule has 0 bridgehead atoms. The number of nitroso groups, excluding NO2 is 1. The van der Waals surface area contributed by atoms with Crippen molar-refractivity contribution in [2.45, 2.75) is 12.6 Å². The van der Waals surface area contributed by atoms with E-state index in [4.69, 9.17) is 5.11 Å². The molecular formula is C18H18BrN3O4. The molecule has 0 aliphatic rings. The molecule has 26 heavy (non-hydrogen) atoms. The average Bonchev–Trinajstić information content (AvgIpc) is 2.65. The van der Waals surface area contributed by atoms with E-state index in [9.17, 15) is 14.8 Å². The number of hydrogen-bond acceptors (Lipinski definition) is 6. The van der Waals surface area contributed by atoms with Crippen molar-refractivity contribution < 1.29 is 15.0 Å². The molecule has 0 aliphatic carbocycles. The van der Waals surface area contributed by atoms with Crippen LogP contribution in [0.5, 0.6) is 0 Å². The van der Waals surface area contributed by atoms with Gasteiger partial charge in [-0.3, -0.25) is 4.79 Å². The molecule has 2 aromatic carbocycles. The molecule has 0 spiro atoms. The van der Waals surface area contributed by atoms with Crippen molar-refractivity contribution in [2.24, 2.45) is 10.2 Å². The number of carbonyl (C=O) groups excluding carboxylic acids is 1. The minimum absolute atomic E-state index is 0.0702. The zero-order valence-electron chi connectivity index (χ0n) is 13.8. The Morgan fingerprint density at radius 2 is 1.96 bits per heavy atom. The van der Waals surface area contributed by atoms with Crippen LogP contribution in [-0.4, -0.2) is 35.0 Å². The third-order valence-corrected chi connectivity index (χ3v) is 3.97. The minimum atomic E-state index is -1.23. The second-order valence-electron chi connectivity index (χ2n) is 5.42. The van der Waals surface area contributed by atoms with Gasteiger partial charge in [-0.05, 0) is 35.0 Å². The molecule has 1 unspecified atom stereocenters. The first-order valence-corrected chi connectivity index (χ1v) is 8.64. The summed E-state index contributed by atoms with van der Waals surface area (Å²) >= 11 is 3.32. The summed E-state index contributed by atoms with van der Waals surface area (Å²) in [5, 5.41) is 24.6. The van der Waals surface area contributed by atoms with Crippen LogP contribution in [0, 0.1) is 4.91 Å². The maximum absolute atomic E-state index is 12.3. The quantitative estimate of drug-likeness (QED) is 0.450. The highest BCUT2D eigenvalue weighted by molar-refractivity contribution is 9.10. The Morgan fingerprint density at radius 3 is 2.65 bits per heavy atom. The fourth-order valence-electron chi connectivity index (χ4n) is 2.26. The van der Waals surface area contributed by atoms with Crippen LogP contribution in [-0.2, 0) is 11.2 Å². The summed E-state index contributed by atoms with van der Waals surface area (Å²) in [5.41, 5.74) is 1.50. The van der Waals surface area contributed by atoms with Gasteiger partial charge in [-0.15, -0.1) is 4.91 Å². The molecule has 0 aromatic heterocycles. The molecule has 2 rings (SSSR count). The van der Waals surface area contributed by atoms with E-state index in [0.717, 1.165) is 4.47 Å². The smallest absolute Gasteiger partial charge is 0.265 e. The number of nitrogens with one attached hydrogen (secondary N) is 1. The van der Waals surface area contributed by atoms with E-state index in [-0.39, 0.29) is 31.0 Å². The number of nitrogens with zero attached hydrogens (tertiary/aromatic N) is 2. The predicted molar refractivity (Wildman–Crippen MR) is 102 cm³/mol. The molecule has 0 heterocycles. The number of aliphatic hydroxyl groups excluding tert-OH is 2. The highest BCUT2D eigenvalue weighted by Gasteiger charge is 2.16. The number of benzene rings is 2. The SMILES string of the molecule is O=Nc1cccc(CC(=NC(O)c2cccc(Br)c2)C(=O)NCCO)c1. The first-order valence-electron chi connectivity index (χ1n) is 7.85. The number of amides is 1. The van der Waals surface area contributed by atoms with Crippen LogP contribution >= 0.6 is 15.9 Å². The van der Waals surface area contributed by atoms with Crippen LogP contribution in [0.3, 0.4) is 0 Å². The number of rotatable bonds is 8. The van der Waals surface area contributed by atoms with Crippen LogP contribution in [0.1, 0.15) is 17.4 Å². The Kier molecular flexibility index (Phi) is 7.58. The van der Waals surface area contributed by atoms with Crippen molar-refractivity contribution in [1.82, 2.24) is 5.32 Å². The molecular weight excluding hydrogens is 402 g/mol. The highest BCUT2D eigenvalue weighted by atomic mass is 79.9. The van der Waals surface area contributed by atoms with E-state index in [1.165, 1.54) is 0 Å². The standard InChI is InChI=1S/C18H18BrN3O4/c19-14-5-2-4-13(11-14)17(24)21-16(18(25)20-7-8-23)10-12-3-1-6-15(9-12)22-26/h1-6,9,11,17,23-24H,7-8,10H2,(H,20,25). The van der Waals surface area contributed by atoms with E-state index in [1.54, 1.807) is 42.5 Å². The van der Waals surface area contributed by atoms with Gasteiger partial charge in [-0.25, -0.2) is 4.99 Å². The van der Waals surface area contributed by atoms with Gasteiger partial charge in [-0.2, -0.15) is 0 Å². The average molecular weight is 420 g/mol. The largest absolute Gasteiger partial charge is 0.395 e. The third-order valence-electron chi connectivity index (χ3n) is 3.47. The predicted octanol–water partition coefficient (Wildman–Crippen LogP) is 2.63. The maximum Gasteiger partial charge on any atom is 0.265 e. The van der Waals surface area contributed by atoms with E-state index in [0.29, 0.717) is 11.1 Å². The molecule has 8 heteroatoms. The Hall–Kier alpha value is -2.42. The lowest BCUT2D eigenvalue weighted by Gasteiger charge is -2.12. The molecule has 1 atom stereocenters. The summed E-state index contributed by atoms with van der Waals surface area (Å²) in [7, 11) is 0. The van der Waals surface area contributed by atoms with Crippen molar-refractivity contribution in [3.63, 3.8) is 0 Å². The zero-order chi connectivity index (χ0) is 18.9. The van der Waals surface area contributed by atoms with Gasteiger partial charge in [-0.1, -0.05) is 40.2 Å². The first kappa shape index (κ1) is 19.9. The number of aliphatic hydroxyl groups is 2. The molecule has 0 fully saturated rings. The zero-order valence-corrected chi connectivity index (χ0v) is 15.4. The van der Waals surface area contributed by atoms with Gasteiger partial charge in [0, 0.05) is 23.0 Å². The second kappa shape index (κ2) is 9.91. The van der Waals surface area contributed by atoms with E-state index >= 15 is 0 Å². The Balaban J connectivity index is 2.29. The molecule has 0 saturated heterocycles. The second-order valence-corrected chi connectivity index (χ2v) is 6.34. The third kappa shape index (κ3) is 5.83. The fourth-order valence-corrected chi connectivity index (χ4v) is 2.68. The van der Waals surface area contributed by atoms with Crippen LogP contribution in [0.2, 0.25) is 0 Å². The lowest BCUT2D eigenvalue weighted by atomic mass is 10.1. The monoisotopic (exact) mass is 419 g/mol. The van der Waals surface area contributed by atoms with Crippen LogP contribution in [0.4, 0.5) is 5.69 Å². The van der Waals surface area contributed by atoms with Crippen molar-refractivity contribution in [3.05, 3.63) is 69.0 Å². The van der Waals surface area contributed by atoms with Crippen LogP contribution in [0.15, 0.2) is 63.2 Å². The lowest BCUT2D eigenvalue weighted by molar-refractivity contribution is -0.115. The first-order chi connectivity index (χ1) is 12.5. The number of carbonyl (C=O) groups is 1. The summed E-state index contributed by atoms with van der Waals surface area (Å²) in [6, 6.07) is 13.4. The fraction of sp³-hybridized carbons (Fsp3) is 0.222. The Morgan fingerprint density at radius 1 is 1.19 bits per heavy atom. The molecule has 136 valence electrons. The molecule has 1 amide bonds.